The monoisotopic (exact) mass is 582 g/mol. The summed E-state index contributed by atoms with van der Waals surface area (Å²) in [5.74, 6) is -2.02. The topological polar surface area (TPSA) is 86.1 Å². The Kier molecular flexibility index (Phi) is 6.84. The van der Waals surface area contributed by atoms with Crippen molar-refractivity contribution in [3.63, 3.8) is 0 Å². The lowest BCUT2D eigenvalue weighted by molar-refractivity contribution is -0.199. The summed E-state index contributed by atoms with van der Waals surface area (Å²) in [4.78, 5) is 31.0. The summed E-state index contributed by atoms with van der Waals surface area (Å²) < 4.78 is 83.7. The van der Waals surface area contributed by atoms with Gasteiger partial charge in [0.05, 0.1) is 11.6 Å². The van der Waals surface area contributed by atoms with E-state index >= 15 is 0 Å². The van der Waals surface area contributed by atoms with Crippen molar-refractivity contribution in [2.45, 2.75) is 73.1 Å². The Morgan fingerprint density at radius 3 is 2.30 bits per heavy atom. The highest BCUT2D eigenvalue weighted by molar-refractivity contribution is 8.00. The quantitative estimate of drug-likeness (QED) is 0.445. The molecule has 2 aliphatic carbocycles. The molecule has 1 aliphatic heterocycles. The number of nitrogens with zero attached hydrogens (tertiary/aromatic N) is 3. The summed E-state index contributed by atoms with van der Waals surface area (Å²) in [7, 11) is 0. The van der Waals surface area contributed by atoms with E-state index < -0.39 is 64.8 Å². The van der Waals surface area contributed by atoms with E-state index in [4.69, 9.17) is 0 Å². The normalized spacial score (nSPS) is 22.9. The predicted octanol–water partition coefficient (Wildman–Crippen LogP) is 5.65. The number of hydrogen-bond donors (Lipinski definition) is 1. The van der Waals surface area contributed by atoms with Crippen molar-refractivity contribution in [3.05, 3.63) is 47.8 Å². The molecule has 0 radical (unpaired) electrons. The van der Waals surface area contributed by atoms with E-state index in [-0.39, 0.29) is 17.9 Å². The Hall–Kier alpha value is -3.27. The van der Waals surface area contributed by atoms with Gasteiger partial charge in [-0.15, -0.1) is 11.8 Å². The van der Waals surface area contributed by atoms with Gasteiger partial charge in [-0.05, 0) is 74.4 Å². The first-order valence-corrected chi connectivity index (χ1v) is 13.5. The number of aryl methyl sites for hydroxylation is 1. The van der Waals surface area contributed by atoms with Gasteiger partial charge >= 0.3 is 12.4 Å². The number of nitrogens with one attached hydrogen (secondary N) is 1. The second-order valence-electron chi connectivity index (χ2n) is 10.6. The zero-order valence-corrected chi connectivity index (χ0v) is 22.0. The van der Waals surface area contributed by atoms with Crippen LogP contribution in [0.1, 0.15) is 43.4 Å². The molecule has 0 spiro atoms. The van der Waals surface area contributed by atoms with Gasteiger partial charge in [0.1, 0.15) is 17.0 Å². The van der Waals surface area contributed by atoms with Gasteiger partial charge in [0.25, 0.3) is 0 Å². The van der Waals surface area contributed by atoms with Gasteiger partial charge in [-0.25, -0.2) is 0 Å². The van der Waals surface area contributed by atoms with Crippen LogP contribution in [-0.4, -0.2) is 51.3 Å². The van der Waals surface area contributed by atoms with Crippen molar-refractivity contribution >= 4 is 23.6 Å². The van der Waals surface area contributed by atoms with E-state index in [0.717, 1.165) is 22.7 Å². The van der Waals surface area contributed by atoms with Crippen LogP contribution in [-0.2, 0) is 15.8 Å². The first-order chi connectivity index (χ1) is 18.7. The summed E-state index contributed by atoms with van der Waals surface area (Å²) in [6.07, 6.45) is -8.28. The highest BCUT2D eigenvalue weighted by Crippen LogP contribution is 2.59. The average molecular weight is 583 g/mol. The maximum atomic E-state index is 14.1. The number of halogens is 6. The molecule has 5 rings (SSSR count). The highest BCUT2D eigenvalue weighted by Gasteiger charge is 2.70. The Morgan fingerprint density at radius 2 is 1.75 bits per heavy atom. The van der Waals surface area contributed by atoms with Gasteiger partial charge < -0.3 is 10.2 Å². The molecular weight excluding hydrogens is 558 g/mol. The first kappa shape index (κ1) is 28.3. The molecule has 2 amide bonds. The number of rotatable bonds is 6. The van der Waals surface area contributed by atoms with Crippen LogP contribution in [0.15, 0.2) is 41.4 Å². The van der Waals surface area contributed by atoms with Gasteiger partial charge in [0.15, 0.2) is 0 Å². The third-order valence-corrected chi connectivity index (χ3v) is 8.95. The zero-order chi connectivity index (χ0) is 29.1. The highest BCUT2D eigenvalue weighted by atomic mass is 32.2. The minimum absolute atomic E-state index is 0.152. The van der Waals surface area contributed by atoms with Gasteiger partial charge in [0, 0.05) is 28.6 Å². The molecule has 0 unspecified atom stereocenters. The Bertz CT molecular complexity index is 1390. The minimum atomic E-state index is -4.81. The number of pyridine rings is 1. The molecule has 212 valence electrons. The number of nitriles is 1. The van der Waals surface area contributed by atoms with Crippen LogP contribution in [0.4, 0.5) is 26.3 Å². The van der Waals surface area contributed by atoms with Crippen LogP contribution in [0.25, 0.3) is 11.1 Å². The largest absolute Gasteiger partial charge is 0.417 e. The Morgan fingerprint density at radius 1 is 1.07 bits per heavy atom. The van der Waals surface area contributed by atoms with Gasteiger partial charge in [-0.3, -0.25) is 14.6 Å². The molecule has 13 heteroatoms. The van der Waals surface area contributed by atoms with Crippen LogP contribution in [0.5, 0.6) is 0 Å². The van der Waals surface area contributed by atoms with E-state index in [1.54, 1.807) is 19.1 Å². The summed E-state index contributed by atoms with van der Waals surface area (Å²) in [6, 6.07) is 7.68. The summed E-state index contributed by atoms with van der Waals surface area (Å²) in [5.41, 5.74) is -3.15. The lowest BCUT2D eigenvalue weighted by Crippen LogP contribution is -2.53. The second-order valence-corrected chi connectivity index (χ2v) is 11.9. The van der Waals surface area contributed by atoms with E-state index in [1.807, 2.05) is 6.07 Å². The number of likely N-dealkylation sites (tertiary alicyclic amines) is 1. The van der Waals surface area contributed by atoms with Crippen molar-refractivity contribution in [1.29, 1.82) is 5.26 Å². The van der Waals surface area contributed by atoms with Crippen LogP contribution in [0.2, 0.25) is 0 Å². The molecule has 2 atom stereocenters. The predicted molar refractivity (Wildman–Crippen MR) is 133 cm³/mol. The zero-order valence-electron chi connectivity index (χ0n) is 21.2. The number of benzene rings is 1. The van der Waals surface area contributed by atoms with Crippen molar-refractivity contribution in [3.8, 4) is 17.2 Å². The maximum absolute atomic E-state index is 14.1. The summed E-state index contributed by atoms with van der Waals surface area (Å²) in [5, 5.41) is 11.1. The van der Waals surface area contributed by atoms with Gasteiger partial charge in [0.2, 0.25) is 11.8 Å². The molecule has 1 N–H and O–H groups in total. The van der Waals surface area contributed by atoms with E-state index in [0.29, 0.717) is 29.7 Å². The fourth-order valence-corrected chi connectivity index (χ4v) is 6.34. The van der Waals surface area contributed by atoms with E-state index in [9.17, 15) is 41.2 Å². The minimum Gasteiger partial charge on any atom is -0.336 e. The van der Waals surface area contributed by atoms with E-state index in [1.165, 1.54) is 18.3 Å². The number of carbonyl (C=O) groups is 2. The maximum Gasteiger partial charge on any atom is 0.417 e. The summed E-state index contributed by atoms with van der Waals surface area (Å²) in [6.45, 7) is 1.38. The third-order valence-electron chi connectivity index (χ3n) is 7.66. The van der Waals surface area contributed by atoms with Crippen LogP contribution >= 0.6 is 11.8 Å². The van der Waals surface area contributed by atoms with Gasteiger partial charge in [-0.2, -0.15) is 31.6 Å². The fraction of sp³-hybridized carbons (Fsp3) is 0.481. The molecule has 3 fully saturated rings. The molecular formula is C27H24F6N4O2S. The number of alkyl halides is 6. The molecule has 2 aromatic rings. The molecule has 2 saturated carbocycles. The first-order valence-electron chi connectivity index (χ1n) is 12.6. The molecule has 0 bridgehead atoms. The number of hydrogen-bond acceptors (Lipinski definition) is 5. The van der Waals surface area contributed by atoms with Crippen molar-refractivity contribution in [2.75, 3.05) is 6.54 Å². The van der Waals surface area contributed by atoms with Crippen molar-refractivity contribution < 1.29 is 35.9 Å². The van der Waals surface area contributed by atoms with Crippen LogP contribution < -0.4 is 5.32 Å². The average Bonchev–Trinajstić information content (AvgIpc) is 3.80. The summed E-state index contributed by atoms with van der Waals surface area (Å²) >= 11 is 0.779. The van der Waals surface area contributed by atoms with Crippen molar-refractivity contribution in [1.82, 2.24) is 15.2 Å². The number of aromatic nitrogens is 1. The lowest BCUT2D eigenvalue weighted by atomic mass is 10.0. The Labute approximate surface area is 230 Å². The molecule has 1 saturated heterocycles. The molecule has 6 nitrogen and oxygen atoms in total. The fourth-order valence-electron chi connectivity index (χ4n) is 5.02. The third kappa shape index (κ3) is 5.25. The number of carbonyl (C=O) groups excluding carboxylic acids is 2. The number of thioether (sulfide) groups is 1. The molecule has 40 heavy (non-hydrogen) atoms. The Balaban J connectivity index is 1.43. The number of amides is 2. The van der Waals surface area contributed by atoms with Gasteiger partial charge in [-0.1, -0.05) is 6.07 Å². The molecule has 3 aliphatic rings. The van der Waals surface area contributed by atoms with E-state index in [2.05, 4.69) is 10.3 Å². The lowest BCUT2D eigenvalue weighted by Gasteiger charge is -2.29. The smallest absolute Gasteiger partial charge is 0.336 e. The molecule has 1 aromatic heterocycles. The van der Waals surface area contributed by atoms with Crippen molar-refractivity contribution in [2.24, 2.45) is 5.41 Å². The standard InChI is InChI=1S/C27H24F6N4O2S/c1-15-10-17(4-9-35-15)16-2-3-21(19(11-16)26(28,29)30)40-18-12-20(22(38)36-24(14-34)5-6-24)37(13-18)23(39)25(7-8-25)27(31,32)33/h2-4,9-11,18,20H,5-8,12-13H2,1H3,(H,36,38)/t18-,20+/m1/s1. The molecule has 1 aromatic carbocycles. The SMILES string of the molecule is Cc1cc(-c2ccc(S[C@@H]3C[C@@H](C(=O)NC4(C#N)CC4)N(C(=O)C4(C(F)(F)F)CC4)C3)c(C(F)(F)F)c2)ccn1. The second kappa shape index (κ2) is 9.68. The van der Waals surface area contributed by atoms with Crippen LogP contribution in [0.3, 0.4) is 0 Å². The van der Waals surface area contributed by atoms with Crippen LogP contribution in [0, 0.1) is 23.7 Å². The molecule has 2 heterocycles.